The van der Waals surface area contributed by atoms with Crippen molar-refractivity contribution in [2.24, 2.45) is 0 Å². The van der Waals surface area contributed by atoms with Crippen LogP contribution in [0.5, 0.6) is 0 Å². The number of ketones is 1. The highest BCUT2D eigenvalue weighted by Gasteiger charge is 2.78. The fourth-order valence-electron chi connectivity index (χ4n) is 5.58. The maximum atomic E-state index is 13.7. The summed E-state index contributed by atoms with van der Waals surface area (Å²) >= 11 is 0. The number of carbonyl (C=O) groups is 3. The van der Waals surface area contributed by atoms with Gasteiger partial charge in [-0.15, -0.1) is 0 Å². The van der Waals surface area contributed by atoms with E-state index in [-0.39, 0.29) is 11.7 Å². The Morgan fingerprint density at radius 2 is 1.41 bits per heavy atom. The number of β-lactam (4-membered cyclic amide) rings is 1. The molecule has 3 aromatic carbocycles. The maximum absolute atomic E-state index is 13.7. The molecule has 2 aliphatic rings. The molecular weight excluding hydrogens is 402 g/mol. The summed E-state index contributed by atoms with van der Waals surface area (Å²) in [6.07, 6.45) is 0. The second-order valence-electron chi connectivity index (χ2n) is 8.43. The van der Waals surface area contributed by atoms with Crippen LogP contribution in [0.4, 0.5) is 0 Å². The van der Waals surface area contributed by atoms with E-state index in [1.807, 2.05) is 84.9 Å². The van der Waals surface area contributed by atoms with Gasteiger partial charge in [-0.25, -0.2) is 0 Å². The van der Waals surface area contributed by atoms with E-state index < -0.39 is 23.0 Å². The molecule has 5 rings (SSSR count). The van der Waals surface area contributed by atoms with Gasteiger partial charge in [0.15, 0.2) is 16.8 Å². The molecule has 3 atom stereocenters. The fourth-order valence-corrected chi connectivity index (χ4v) is 5.58. The largest absolute Gasteiger partial charge is 0.447 e. The van der Waals surface area contributed by atoms with E-state index in [1.54, 1.807) is 4.90 Å². The Labute approximate surface area is 186 Å². The summed E-state index contributed by atoms with van der Waals surface area (Å²) in [6.45, 7) is 3.14. The van der Waals surface area contributed by atoms with E-state index in [0.29, 0.717) is 17.7 Å². The van der Waals surface area contributed by atoms with Gasteiger partial charge in [-0.05, 0) is 18.1 Å². The average Bonchev–Trinajstić information content (AvgIpc) is 3.03. The van der Waals surface area contributed by atoms with Gasteiger partial charge in [0, 0.05) is 24.6 Å². The normalized spacial score (nSPS) is 25.5. The lowest BCUT2D eigenvalue weighted by atomic mass is 9.63. The number of ether oxygens (including phenoxy) is 1. The summed E-state index contributed by atoms with van der Waals surface area (Å²) < 4.78 is 6.15. The van der Waals surface area contributed by atoms with Gasteiger partial charge >= 0.3 is 5.97 Å². The SMILES string of the molecule is CC(=O)OC1(c2ccccc2)c2ccccc2C2(C(C)=O)C(=O)N(Cc3ccccc3)C21. The van der Waals surface area contributed by atoms with E-state index >= 15 is 0 Å². The van der Waals surface area contributed by atoms with Crippen LogP contribution >= 0.6 is 0 Å². The molecule has 1 amide bonds. The maximum Gasteiger partial charge on any atom is 0.303 e. The first-order chi connectivity index (χ1) is 15.4. The Morgan fingerprint density at radius 3 is 2.00 bits per heavy atom. The Balaban J connectivity index is 1.79. The first-order valence-corrected chi connectivity index (χ1v) is 10.6. The highest BCUT2D eigenvalue weighted by molar-refractivity contribution is 6.18. The Hall–Kier alpha value is -3.73. The number of carbonyl (C=O) groups excluding carboxylic acids is 3. The van der Waals surface area contributed by atoms with Gasteiger partial charge in [0.2, 0.25) is 5.91 Å². The van der Waals surface area contributed by atoms with Crippen molar-refractivity contribution in [3.8, 4) is 0 Å². The van der Waals surface area contributed by atoms with Gasteiger partial charge in [0.25, 0.3) is 0 Å². The molecule has 1 saturated heterocycles. The number of fused-ring (bicyclic) bond motifs is 3. The van der Waals surface area contributed by atoms with Crippen LogP contribution in [0.25, 0.3) is 0 Å². The molecule has 0 aromatic heterocycles. The number of hydrogen-bond acceptors (Lipinski definition) is 4. The van der Waals surface area contributed by atoms with Crippen molar-refractivity contribution in [3.63, 3.8) is 0 Å². The van der Waals surface area contributed by atoms with Gasteiger partial charge in [-0.2, -0.15) is 0 Å². The molecule has 160 valence electrons. The van der Waals surface area contributed by atoms with Crippen molar-refractivity contribution in [1.29, 1.82) is 0 Å². The first-order valence-electron chi connectivity index (χ1n) is 10.6. The van der Waals surface area contributed by atoms with Crippen LogP contribution in [0.1, 0.15) is 36.1 Å². The highest BCUT2D eigenvalue weighted by atomic mass is 16.6. The number of hydrogen-bond donors (Lipinski definition) is 0. The van der Waals surface area contributed by atoms with Crippen LogP contribution in [-0.4, -0.2) is 28.6 Å². The quantitative estimate of drug-likeness (QED) is 0.355. The van der Waals surface area contributed by atoms with Gasteiger partial charge in [-0.3, -0.25) is 14.4 Å². The topological polar surface area (TPSA) is 63.7 Å². The summed E-state index contributed by atoms with van der Waals surface area (Å²) in [5.74, 6) is -0.965. The average molecular weight is 425 g/mol. The summed E-state index contributed by atoms with van der Waals surface area (Å²) in [4.78, 5) is 41.1. The Morgan fingerprint density at radius 1 is 0.844 bits per heavy atom. The summed E-state index contributed by atoms with van der Waals surface area (Å²) in [5, 5.41) is 0. The summed E-state index contributed by atoms with van der Waals surface area (Å²) in [7, 11) is 0. The number of amides is 1. The highest BCUT2D eigenvalue weighted by Crippen LogP contribution is 2.62. The van der Waals surface area contributed by atoms with E-state index in [4.69, 9.17) is 4.74 Å². The standard InChI is InChI=1S/C27H23NO4/c1-18(29)26-22-15-9-10-16-23(22)27(32-19(2)30,21-13-7-4-8-14-21)24(26)28(25(26)31)17-20-11-5-3-6-12-20/h3-16,24H,17H2,1-2H3. The predicted molar refractivity (Wildman–Crippen MR) is 119 cm³/mol. The minimum atomic E-state index is -1.38. The molecule has 32 heavy (non-hydrogen) atoms. The van der Waals surface area contributed by atoms with Crippen molar-refractivity contribution in [2.75, 3.05) is 0 Å². The zero-order valence-corrected chi connectivity index (χ0v) is 17.9. The first kappa shape index (κ1) is 20.2. The monoisotopic (exact) mass is 425 g/mol. The number of Topliss-reactive ketones (excluding diaryl/α,β-unsaturated/α-hetero) is 1. The molecule has 3 aromatic rings. The summed E-state index contributed by atoms with van der Waals surface area (Å²) in [6, 6.07) is 25.7. The van der Waals surface area contributed by atoms with Crippen LogP contribution in [0.15, 0.2) is 84.9 Å². The van der Waals surface area contributed by atoms with Crippen molar-refractivity contribution in [2.45, 2.75) is 37.5 Å². The van der Waals surface area contributed by atoms with Gasteiger partial charge < -0.3 is 9.64 Å². The van der Waals surface area contributed by atoms with E-state index in [0.717, 1.165) is 11.1 Å². The summed E-state index contributed by atoms with van der Waals surface area (Å²) in [5.41, 5.74) is 0.330. The molecule has 5 nitrogen and oxygen atoms in total. The van der Waals surface area contributed by atoms with Gasteiger partial charge in [0.1, 0.15) is 6.04 Å². The van der Waals surface area contributed by atoms with Crippen LogP contribution in [0.3, 0.4) is 0 Å². The second-order valence-corrected chi connectivity index (χ2v) is 8.43. The van der Waals surface area contributed by atoms with Crippen molar-refractivity contribution in [1.82, 2.24) is 4.90 Å². The number of benzene rings is 3. The van der Waals surface area contributed by atoms with Crippen LogP contribution in [-0.2, 0) is 36.7 Å². The predicted octanol–water partition coefficient (Wildman–Crippen LogP) is 3.74. The zero-order valence-electron chi connectivity index (χ0n) is 17.9. The molecule has 0 N–H and O–H groups in total. The lowest BCUT2D eigenvalue weighted by Gasteiger charge is -2.56. The fraction of sp³-hybridized carbons (Fsp3) is 0.222. The number of nitrogens with zero attached hydrogens (tertiary/aromatic N) is 1. The van der Waals surface area contributed by atoms with Crippen molar-refractivity contribution < 1.29 is 19.1 Å². The lowest BCUT2D eigenvalue weighted by molar-refractivity contribution is -0.190. The molecule has 0 radical (unpaired) electrons. The number of esters is 1. The molecule has 0 spiro atoms. The lowest BCUT2D eigenvalue weighted by Crippen LogP contribution is -2.76. The van der Waals surface area contributed by atoms with Crippen molar-refractivity contribution in [3.05, 3.63) is 107 Å². The molecule has 1 aliphatic heterocycles. The molecular formula is C27H23NO4. The van der Waals surface area contributed by atoms with Gasteiger partial charge in [-0.1, -0.05) is 84.9 Å². The zero-order chi connectivity index (χ0) is 22.5. The van der Waals surface area contributed by atoms with E-state index in [2.05, 4.69) is 0 Å². The van der Waals surface area contributed by atoms with E-state index in [9.17, 15) is 14.4 Å². The molecule has 0 bridgehead atoms. The molecule has 1 aliphatic carbocycles. The van der Waals surface area contributed by atoms with E-state index in [1.165, 1.54) is 13.8 Å². The smallest absolute Gasteiger partial charge is 0.303 e. The Bertz CT molecular complexity index is 1220. The molecule has 1 heterocycles. The molecule has 3 unspecified atom stereocenters. The molecule has 0 saturated carbocycles. The third-order valence-electron chi connectivity index (χ3n) is 6.72. The number of likely N-dealkylation sites (tertiary alicyclic amines) is 1. The molecule has 1 fully saturated rings. The minimum absolute atomic E-state index is 0.241. The third-order valence-corrected chi connectivity index (χ3v) is 6.72. The molecule has 5 heteroatoms. The van der Waals surface area contributed by atoms with Crippen LogP contribution in [0.2, 0.25) is 0 Å². The van der Waals surface area contributed by atoms with Crippen molar-refractivity contribution >= 4 is 17.7 Å². The Kier molecular flexibility index (Phi) is 4.52. The third kappa shape index (κ3) is 2.48. The minimum Gasteiger partial charge on any atom is -0.447 e. The second kappa shape index (κ2) is 7.16. The van der Waals surface area contributed by atoms with Crippen LogP contribution in [0, 0.1) is 0 Å². The van der Waals surface area contributed by atoms with Crippen LogP contribution < -0.4 is 0 Å². The van der Waals surface area contributed by atoms with Gasteiger partial charge in [0.05, 0.1) is 0 Å². The number of rotatable bonds is 5.